The maximum absolute atomic E-state index is 4.84. The van der Waals surface area contributed by atoms with E-state index in [0.717, 1.165) is 44.1 Å². The highest BCUT2D eigenvalue weighted by Crippen LogP contribution is 2.34. The molecule has 0 spiro atoms. The van der Waals surface area contributed by atoms with Crippen LogP contribution in [-0.2, 0) is 0 Å². The number of hydrogen-bond acceptors (Lipinski definition) is 4. The van der Waals surface area contributed by atoms with Gasteiger partial charge in [0, 0.05) is 28.0 Å². The highest BCUT2D eigenvalue weighted by Gasteiger charge is 2.10. The Labute approximate surface area is 167 Å². The van der Waals surface area contributed by atoms with Gasteiger partial charge in [-0.2, -0.15) is 0 Å². The Hall–Kier alpha value is -3.24. The molecule has 0 saturated heterocycles. The number of aromatic nitrogens is 2. The molecule has 136 valence electrons. The lowest BCUT2D eigenvalue weighted by molar-refractivity contribution is 1.25. The number of aryl methyl sites for hydroxylation is 2. The first-order valence-electron chi connectivity index (χ1n) is 9.27. The Bertz CT molecular complexity index is 1310. The van der Waals surface area contributed by atoms with Gasteiger partial charge in [0.05, 0.1) is 15.7 Å². The van der Waals surface area contributed by atoms with E-state index >= 15 is 0 Å². The summed E-state index contributed by atoms with van der Waals surface area (Å²) in [4.78, 5) is 9.55. The summed E-state index contributed by atoms with van der Waals surface area (Å²) in [5.74, 6) is 0. The lowest BCUT2D eigenvalue weighted by atomic mass is 10.1. The van der Waals surface area contributed by atoms with E-state index in [9.17, 15) is 0 Å². The van der Waals surface area contributed by atoms with E-state index in [1.54, 1.807) is 11.3 Å². The number of benzene rings is 3. The molecule has 0 aliphatic rings. The zero-order chi connectivity index (χ0) is 19.1. The van der Waals surface area contributed by atoms with E-state index in [0.29, 0.717) is 0 Å². The van der Waals surface area contributed by atoms with Crippen molar-refractivity contribution in [3.63, 3.8) is 0 Å². The molecule has 3 aromatic carbocycles. The predicted octanol–water partition coefficient (Wildman–Crippen LogP) is 6.87. The summed E-state index contributed by atoms with van der Waals surface area (Å²) in [7, 11) is 0. The lowest BCUT2D eigenvalue weighted by Crippen LogP contribution is -1.95. The average molecular weight is 382 g/mol. The van der Waals surface area contributed by atoms with Crippen molar-refractivity contribution in [2.45, 2.75) is 13.8 Å². The van der Waals surface area contributed by atoms with Gasteiger partial charge >= 0.3 is 0 Å². The van der Waals surface area contributed by atoms with Crippen molar-refractivity contribution in [1.82, 2.24) is 9.97 Å². The molecule has 0 saturated carbocycles. The maximum Gasteiger partial charge on any atom is 0.124 e. The molecule has 4 heteroatoms. The molecule has 0 bridgehead atoms. The molecule has 0 unspecified atom stereocenters. The first-order chi connectivity index (χ1) is 13.7. The minimum atomic E-state index is 0.985. The molecule has 28 heavy (non-hydrogen) atoms. The zero-order valence-corrected chi connectivity index (χ0v) is 16.5. The quantitative estimate of drug-likeness (QED) is 0.370. The van der Waals surface area contributed by atoms with Gasteiger partial charge in [-0.15, -0.1) is 11.3 Å². The van der Waals surface area contributed by atoms with Gasteiger partial charge in [0.2, 0.25) is 0 Å². The topological polar surface area (TPSA) is 37.8 Å². The molecule has 0 amide bonds. The van der Waals surface area contributed by atoms with E-state index < -0.39 is 0 Å². The standard InChI is InChI=1S/C24H19N3S/c1-15-8-10-21-23(12-15)28-24(27-21)17-9-11-20-19(14-17)22(13-16(2)25-20)26-18-6-4-3-5-7-18/h3-14H,1-2H3,(H,25,26). The third-order valence-corrected chi connectivity index (χ3v) is 5.85. The second-order valence-corrected chi connectivity index (χ2v) is 8.05. The van der Waals surface area contributed by atoms with Gasteiger partial charge in [0.15, 0.2) is 0 Å². The molecular formula is C24H19N3S. The molecule has 0 radical (unpaired) electrons. The fraction of sp³-hybridized carbons (Fsp3) is 0.0833. The van der Waals surface area contributed by atoms with Gasteiger partial charge in [-0.25, -0.2) is 4.98 Å². The van der Waals surface area contributed by atoms with Gasteiger partial charge in [-0.05, 0) is 67.9 Å². The van der Waals surface area contributed by atoms with Gasteiger partial charge in [0.1, 0.15) is 5.01 Å². The van der Waals surface area contributed by atoms with Crippen molar-refractivity contribution in [3.05, 3.63) is 84.1 Å². The van der Waals surface area contributed by atoms with E-state index in [-0.39, 0.29) is 0 Å². The summed E-state index contributed by atoms with van der Waals surface area (Å²) in [6.07, 6.45) is 0. The minimum Gasteiger partial charge on any atom is -0.355 e. The van der Waals surface area contributed by atoms with Gasteiger partial charge in [-0.1, -0.05) is 24.3 Å². The van der Waals surface area contributed by atoms with Crippen LogP contribution in [0.3, 0.4) is 0 Å². The Kier molecular flexibility index (Phi) is 4.06. The van der Waals surface area contributed by atoms with Crippen molar-refractivity contribution in [2.75, 3.05) is 5.32 Å². The highest BCUT2D eigenvalue weighted by atomic mass is 32.1. The first kappa shape index (κ1) is 16.9. The summed E-state index contributed by atoms with van der Waals surface area (Å²) >= 11 is 1.73. The Morgan fingerprint density at radius 2 is 1.61 bits per heavy atom. The summed E-state index contributed by atoms with van der Waals surface area (Å²) in [6, 6.07) is 25.1. The van der Waals surface area contributed by atoms with Crippen LogP contribution in [0.15, 0.2) is 72.8 Å². The molecular weight excluding hydrogens is 362 g/mol. The van der Waals surface area contributed by atoms with Crippen LogP contribution in [0.1, 0.15) is 11.3 Å². The number of pyridine rings is 1. The van der Waals surface area contributed by atoms with Crippen LogP contribution in [0.25, 0.3) is 31.7 Å². The summed E-state index contributed by atoms with van der Waals surface area (Å²) < 4.78 is 1.22. The SMILES string of the molecule is Cc1ccc2nc(-c3ccc4nc(C)cc(Nc5ccccc5)c4c3)sc2c1. The molecule has 3 nitrogen and oxygen atoms in total. The van der Waals surface area contributed by atoms with E-state index in [1.807, 2.05) is 25.1 Å². The monoisotopic (exact) mass is 381 g/mol. The largest absolute Gasteiger partial charge is 0.355 e. The van der Waals surface area contributed by atoms with Crippen LogP contribution in [0.2, 0.25) is 0 Å². The van der Waals surface area contributed by atoms with Gasteiger partial charge in [-0.3, -0.25) is 4.98 Å². The first-order valence-corrected chi connectivity index (χ1v) is 10.1. The Balaban J connectivity index is 1.64. The number of nitrogens with zero attached hydrogens (tertiary/aromatic N) is 2. The zero-order valence-electron chi connectivity index (χ0n) is 15.7. The van der Waals surface area contributed by atoms with Crippen LogP contribution in [-0.4, -0.2) is 9.97 Å². The van der Waals surface area contributed by atoms with Crippen LogP contribution >= 0.6 is 11.3 Å². The number of rotatable bonds is 3. The molecule has 5 aromatic rings. The molecule has 2 heterocycles. The summed E-state index contributed by atoms with van der Waals surface area (Å²) in [5, 5.41) is 5.68. The van der Waals surface area contributed by atoms with E-state index in [4.69, 9.17) is 9.97 Å². The Morgan fingerprint density at radius 1 is 0.786 bits per heavy atom. The van der Waals surface area contributed by atoms with Crippen molar-refractivity contribution in [2.24, 2.45) is 0 Å². The number of thiazole rings is 1. The van der Waals surface area contributed by atoms with Crippen molar-refractivity contribution in [1.29, 1.82) is 0 Å². The third-order valence-electron chi connectivity index (χ3n) is 4.78. The molecule has 2 aromatic heterocycles. The molecule has 0 fully saturated rings. The molecule has 0 aliphatic heterocycles. The van der Waals surface area contributed by atoms with Crippen molar-refractivity contribution >= 4 is 43.8 Å². The van der Waals surface area contributed by atoms with Gasteiger partial charge in [0.25, 0.3) is 0 Å². The molecule has 0 atom stereocenters. The predicted molar refractivity (Wildman–Crippen MR) is 120 cm³/mol. The minimum absolute atomic E-state index is 0.985. The van der Waals surface area contributed by atoms with E-state index in [2.05, 4.69) is 66.8 Å². The smallest absolute Gasteiger partial charge is 0.124 e. The average Bonchev–Trinajstić information content (AvgIpc) is 3.11. The normalized spacial score (nSPS) is 11.2. The second-order valence-electron chi connectivity index (χ2n) is 7.02. The maximum atomic E-state index is 4.84. The number of fused-ring (bicyclic) bond motifs is 2. The van der Waals surface area contributed by atoms with Crippen LogP contribution in [0.4, 0.5) is 11.4 Å². The molecule has 5 rings (SSSR count). The fourth-order valence-corrected chi connectivity index (χ4v) is 4.49. The third kappa shape index (κ3) is 3.12. The van der Waals surface area contributed by atoms with Crippen LogP contribution in [0.5, 0.6) is 0 Å². The molecule has 0 aliphatic carbocycles. The van der Waals surface area contributed by atoms with Crippen LogP contribution in [0, 0.1) is 13.8 Å². The number of hydrogen-bond donors (Lipinski definition) is 1. The van der Waals surface area contributed by atoms with Crippen molar-refractivity contribution in [3.8, 4) is 10.6 Å². The second kappa shape index (κ2) is 6.73. The summed E-state index contributed by atoms with van der Waals surface area (Å²) in [5.41, 5.74) is 7.54. The summed E-state index contributed by atoms with van der Waals surface area (Å²) in [6.45, 7) is 4.14. The van der Waals surface area contributed by atoms with Crippen molar-refractivity contribution < 1.29 is 0 Å². The highest BCUT2D eigenvalue weighted by molar-refractivity contribution is 7.21. The van der Waals surface area contributed by atoms with E-state index in [1.165, 1.54) is 10.3 Å². The number of anilines is 2. The molecule has 1 N–H and O–H groups in total. The number of nitrogens with one attached hydrogen (secondary N) is 1. The van der Waals surface area contributed by atoms with Gasteiger partial charge < -0.3 is 5.32 Å². The fourth-order valence-electron chi connectivity index (χ4n) is 3.43. The number of para-hydroxylation sites is 1. The lowest BCUT2D eigenvalue weighted by Gasteiger charge is -2.11. The Morgan fingerprint density at radius 3 is 2.46 bits per heavy atom. The van der Waals surface area contributed by atoms with Crippen LogP contribution < -0.4 is 5.32 Å².